The van der Waals surface area contributed by atoms with Gasteiger partial charge < -0.3 is 4.90 Å². The molecule has 2 amide bonds. The molecular formula is C23H19FN6O. The Kier molecular flexibility index (Phi) is 4.71. The second-order valence-corrected chi connectivity index (χ2v) is 7.64. The molecule has 7 nitrogen and oxygen atoms in total. The van der Waals surface area contributed by atoms with Crippen molar-refractivity contribution in [2.24, 2.45) is 0 Å². The first-order valence-electron chi connectivity index (χ1n) is 10.1. The number of fused-ring (bicyclic) bond motifs is 4. The fourth-order valence-corrected chi connectivity index (χ4v) is 4.21. The summed E-state index contributed by atoms with van der Waals surface area (Å²) >= 11 is 0. The van der Waals surface area contributed by atoms with Crippen LogP contribution in [0.25, 0.3) is 11.3 Å². The van der Waals surface area contributed by atoms with Crippen molar-refractivity contribution in [1.29, 1.82) is 5.26 Å². The van der Waals surface area contributed by atoms with Gasteiger partial charge >= 0.3 is 6.03 Å². The number of pyridine rings is 2. The first-order chi connectivity index (χ1) is 15.1. The van der Waals surface area contributed by atoms with Gasteiger partial charge in [0.1, 0.15) is 11.6 Å². The number of amides is 2. The molecule has 1 aromatic carbocycles. The monoisotopic (exact) mass is 414 g/mol. The lowest BCUT2D eigenvalue weighted by Crippen LogP contribution is -2.56. The van der Waals surface area contributed by atoms with Crippen LogP contribution in [0.2, 0.25) is 0 Å². The highest BCUT2D eigenvalue weighted by molar-refractivity contribution is 6.04. The van der Waals surface area contributed by atoms with Crippen LogP contribution in [0.3, 0.4) is 0 Å². The van der Waals surface area contributed by atoms with Crippen molar-refractivity contribution in [3.8, 4) is 17.3 Å². The molecule has 0 aliphatic carbocycles. The molecule has 2 bridgehead atoms. The Labute approximate surface area is 178 Å². The van der Waals surface area contributed by atoms with Crippen LogP contribution in [-0.4, -0.2) is 35.1 Å². The molecule has 154 valence electrons. The average Bonchev–Trinajstić information content (AvgIpc) is 2.80. The van der Waals surface area contributed by atoms with E-state index in [1.807, 2.05) is 24.3 Å². The van der Waals surface area contributed by atoms with E-state index in [0.717, 1.165) is 43.4 Å². The van der Waals surface area contributed by atoms with E-state index >= 15 is 0 Å². The number of benzene rings is 1. The van der Waals surface area contributed by atoms with Crippen molar-refractivity contribution in [2.45, 2.75) is 18.9 Å². The summed E-state index contributed by atoms with van der Waals surface area (Å²) in [6, 6.07) is 15.6. The summed E-state index contributed by atoms with van der Waals surface area (Å²) in [4.78, 5) is 26.0. The topological polar surface area (TPSA) is 85.1 Å². The van der Waals surface area contributed by atoms with E-state index in [4.69, 9.17) is 4.98 Å². The fourth-order valence-electron chi connectivity index (χ4n) is 4.21. The Hall–Kier alpha value is -3.99. The van der Waals surface area contributed by atoms with Gasteiger partial charge in [-0.3, -0.25) is 10.2 Å². The molecule has 5 rings (SSSR count). The molecule has 8 heteroatoms. The Morgan fingerprint density at radius 2 is 2.13 bits per heavy atom. The van der Waals surface area contributed by atoms with Gasteiger partial charge in [0.2, 0.25) is 0 Å². The highest BCUT2D eigenvalue weighted by atomic mass is 19.1. The Morgan fingerprint density at radius 1 is 1.23 bits per heavy atom. The molecule has 1 unspecified atom stereocenters. The van der Waals surface area contributed by atoms with Gasteiger partial charge in [0.15, 0.2) is 5.82 Å². The Bertz CT molecular complexity index is 1190. The maximum Gasteiger partial charge on any atom is 0.329 e. The normalized spacial score (nSPS) is 17.0. The molecule has 4 heterocycles. The number of nitriles is 1. The van der Waals surface area contributed by atoms with Crippen molar-refractivity contribution in [2.75, 3.05) is 28.2 Å². The second-order valence-electron chi connectivity index (χ2n) is 7.64. The number of aromatic nitrogens is 2. The van der Waals surface area contributed by atoms with Crippen molar-refractivity contribution in [1.82, 2.24) is 9.97 Å². The van der Waals surface area contributed by atoms with Crippen LogP contribution in [-0.2, 0) is 0 Å². The summed E-state index contributed by atoms with van der Waals surface area (Å²) in [5, 5.41) is 12.0. The number of carbonyl (C=O) groups excluding carboxylic acids is 1. The molecule has 1 fully saturated rings. The van der Waals surface area contributed by atoms with Gasteiger partial charge in [-0.25, -0.2) is 19.2 Å². The number of carbonyl (C=O) groups is 1. The molecule has 1 saturated heterocycles. The van der Waals surface area contributed by atoms with Crippen LogP contribution >= 0.6 is 0 Å². The summed E-state index contributed by atoms with van der Waals surface area (Å²) in [7, 11) is 0. The van der Waals surface area contributed by atoms with Gasteiger partial charge in [-0.15, -0.1) is 0 Å². The summed E-state index contributed by atoms with van der Waals surface area (Å²) in [6.07, 6.45) is 2.92. The lowest BCUT2D eigenvalue weighted by molar-refractivity contribution is 0.252. The van der Waals surface area contributed by atoms with Crippen LogP contribution in [0.15, 0.2) is 54.7 Å². The van der Waals surface area contributed by atoms with E-state index in [0.29, 0.717) is 17.1 Å². The van der Waals surface area contributed by atoms with Crippen LogP contribution in [0.4, 0.5) is 26.5 Å². The minimum Gasteiger partial charge on any atom is -0.366 e. The predicted molar refractivity (Wildman–Crippen MR) is 115 cm³/mol. The molecule has 1 N–H and O–H groups in total. The van der Waals surface area contributed by atoms with Crippen molar-refractivity contribution in [3.05, 3.63) is 66.1 Å². The van der Waals surface area contributed by atoms with Crippen molar-refractivity contribution >= 4 is 23.4 Å². The van der Waals surface area contributed by atoms with E-state index in [2.05, 4.69) is 21.3 Å². The third kappa shape index (κ3) is 3.55. The molecule has 3 aromatic rings. The molecule has 2 aliphatic rings. The van der Waals surface area contributed by atoms with Crippen LogP contribution < -0.4 is 15.1 Å². The summed E-state index contributed by atoms with van der Waals surface area (Å²) in [6.45, 7) is 1.66. The minimum atomic E-state index is -0.463. The van der Waals surface area contributed by atoms with E-state index in [9.17, 15) is 14.4 Å². The van der Waals surface area contributed by atoms with Crippen molar-refractivity contribution < 1.29 is 9.18 Å². The second kappa shape index (κ2) is 7.69. The van der Waals surface area contributed by atoms with E-state index in [-0.39, 0.29) is 17.9 Å². The molecule has 2 aromatic heterocycles. The predicted octanol–water partition coefficient (Wildman–Crippen LogP) is 4.18. The summed E-state index contributed by atoms with van der Waals surface area (Å²) in [5.74, 6) is 0.398. The zero-order valence-corrected chi connectivity index (χ0v) is 16.6. The Morgan fingerprint density at radius 3 is 2.94 bits per heavy atom. The van der Waals surface area contributed by atoms with Crippen molar-refractivity contribution in [3.63, 3.8) is 0 Å². The highest BCUT2D eigenvalue weighted by Gasteiger charge is 2.38. The van der Waals surface area contributed by atoms with Gasteiger partial charge in [0.05, 0.1) is 35.3 Å². The molecule has 1 atom stereocenters. The summed E-state index contributed by atoms with van der Waals surface area (Å²) < 4.78 is 13.2. The maximum atomic E-state index is 13.2. The number of hydrogen-bond acceptors (Lipinski definition) is 5. The molecule has 0 spiro atoms. The van der Waals surface area contributed by atoms with Gasteiger partial charge in [0.25, 0.3) is 0 Å². The van der Waals surface area contributed by atoms with Gasteiger partial charge in [0, 0.05) is 18.7 Å². The fraction of sp³-hybridized carbons (Fsp3) is 0.217. The number of nitrogens with one attached hydrogen (secondary N) is 1. The van der Waals surface area contributed by atoms with Crippen LogP contribution in [0.1, 0.15) is 18.4 Å². The smallest absolute Gasteiger partial charge is 0.329 e. The molecule has 0 saturated carbocycles. The van der Waals surface area contributed by atoms with Crippen LogP contribution in [0, 0.1) is 17.1 Å². The van der Waals surface area contributed by atoms with Gasteiger partial charge in [-0.05, 0) is 49.2 Å². The summed E-state index contributed by atoms with van der Waals surface area (Å²) in [5.41, 5.74) is 2.95. The average molecular weight is 414 g/mol. The molecule has 2 aliphatic heterocycles. The number of nitrogens with zero attached hydrogens (tertiary/aromatic N) is 5. The standard InChI is InChI=1S/C23H19FN6O/c24-17-6-9-21(26-13-17)28-23(31)30-18-5-2-10-29(14-18)20-8-7-19(27-22(20)30)16-4-1-3-15(11-16)12-25/h1,3-4,6-9,11,13,18H,2,5,10,14H2,(H,26,28,31). The number of piperidine rings is 1. The van der Waals surface area contributed by atoms with Crippen LogP contribution in [0.5, 0.6) is 0 Å². The quantitative estimate of drug-likeness (QED) is 0.680. The van der Waals surface area contributed by atoms with E-state index in [1.54, 1.807) is 17.0 Å². The third-order valence-corrected chi connectivity index (χ3v) is 5.65. The van der Waals surface area contributed by atoms with E-state index < -0.39 is 5.82 Å². The first-order valence-corrected chi connectivity index (χ1v) is 10.1. The zero-order valence-electron chi connectivity index (χ0n) is 16.6. The number of halogens is 1. The Balaban J connectivity index is 1.54. The third-order valence-electron chi connectivity index (χ3n) is 5.65. The molecular weight excluding hydrogens is 395 g/mol. The van der Waals surface area contributed by atoms with E-state index in [1.165, 1.54) is 12.1 Å². The van der Waals surface area contributed by atoms with Gasteiger partial charge in [-0.2, -0.15) is 5.26 Å². The number of urea groups is 1. The lowest BCUT2D eigenvalue weighted by atomic mass is 9.99. The van der Waals surface area contributed by atoms with Gasteiger partial charge in [-0.1, -0.05) is 12.1 Å². The first kappa shape index (κ1) is 19.0. The number of hydrogen-bond donors (Lipinski definition) is 1. The largest absolute Gasteiger partial charge is 0.366 e. The minimum absolute atomic E-state index is 0.0186. The molecule has 0 radical (unpaired) electrons. The number of anilines is 3. The highest BCUT2D eigenvalue weighted by Crippen LogP contribution is 2.39. The zero-order chi connectivity index (χ0) is 21.4. The maximum absolute atomic E-state index is 13.2. The lowest BCUT2D eigenvalue weighted by Gasteiger charge is -2.45. The number of rotatable bonds is 2. The molecule has 31 heavy (non-hydrogen) atoms. The SMILES string of the molecule is N#Cc1cccc(-c2ccc3c(n2)N(C(=O)Nc2ccc(F)cn2)C2CCCN3C2)c1.